The summed E-state index contributed by atoms with van der Waals surface area (Å²) in [4.78, 5) is 58.6. The zero-order valence-electron chi connectivity index (χ0n) is 19.2. The Morgan fingerprint density at radius 2 is 2.00 bits per heavy atom. The van der Waals surface area contributed by atoms with Crippen LogP contribution in [0.25, 0.3) is 11.0 Å². The highest BCUT2D eigenvalue weighted by molar-refractivity contribution is 6.08. The molecule has 1 aromatic carbocycles. The number of carbonyl (C=O) groups excluding carboxylic acids is 4. The second-order valence-corrected chi connectivity index (χ2v) is 9.17. The van der Waals surface area contributed by atoms with Crippen LogP contribution in [0.1, 0.15) is 70.1 Å². The van der Waals surface area contributed by atoms with E-state index in [9.17, 15) is 19.2 Å². The van der Waals surface area contributed by atoms with Gasteiger partial charge in [-0.15, -0.1) is 0 Å². The Bertz CT molecular complexity index is 1370. The van der Waals surface area contributed by atoms with Crippen LogP contribution in [0.5, 0.6) is 0 Å². The van der Waals surface area contributed by atoms with Crippen LogP contribution in [-0.4, -0.2) is 44.5 Å². The summed E-state index contributed by atoms with van der Waals surface area (Å²) >= 11 is 0. The van der Waals surface area contributed by atoms with E-state index in [1.165, 1.54) is 4.90 Å². The van der Waals surface area contributed by atoms with Gasteiger partial charge in [-0.25, -0.2) is 4.98 Å². The Morgan fingerprint density at radius 3 is 2.74 bits per heavy atom. The largest absolute Gasteiger partial charge is 0.335 e. The van der Waals surface area contributed by atoms with Crippen molar-refractivity contribution in [3.05, 3.63) is 58.4 Å². The summed E-state index contributed by atoms with van der Waals surface area (Å²) in [5.74, 6) is -0.987. The van der Waals surface area contributed by atoms with Gasteiger partial charge < -0.3 is 15.2 Å². The summed E-state index contributed by atoms with van der Waals surface area (Å²) < 4.78 is 0. The number of piperidine rings is 1. The van der Waals surface area contributed by atoms with E-state index in [0.717, 1.165) is 22.1 Å². The quantitative estimate of drug-likeness (QED) is 0.518. The highest BCUT2D eigenvalue weighted by Crippen LogP contribution is 2.30. The molecule has 174 valence electrons. The molecular formula is C25H25N5O4. The predicted molar refractivity (Wildman–Crippen MR) is 125 cm³/mol. The molecule has 9 nitrogen and oxygen atoms in total. The average molecular weight is 460 g/mol. The number of rotatable bonds is 4. The van der Waals surface area contributed by atoms with E-state index >= 15 is 0 Å². The number of imide groups is 1. The Labute approximate surface area is 195 Å². The Morgan fingerprint density at radius 1 is 1.21 bits per heavy atom. The lowest BCUT2D eigenvalue weighted by atomic mass is 10.0. The van der Waals surface area contributed by atoms with Gasteiger partial charge in [-0.2, -0.15) is 0 Å². The lowest BCUT2D eigenvalue weighted by molar-refractivity contribution is -0.136. The topological polar surface area (TPSA) is 124 Å². The number of benzene rings is 1. The number of fused-ring (bicyclic) bond motifs is 2. The van der Waals surface area contributed by atoms with Crippen LogP contribution < -0.4 is 10.6 Å². The van der Waals surface area contributed by atoms with E-state index in [1.54, 1.807) is 18.2 Å². The maximum absolute atomic E-state index is 13.0. The fraction of sp³-hybridized carbons (Fsp3) is 0.320. The number of carbonyl (C=O) groups is 4. The summed E-state index contributed by atoms with van der Waals surface area (Å²) in [7, 11) is 0. The van der Waals surface area contributed by atoms with Gasteiger partial charge in [-0.05, 0) is 60.2 Å². The second kappa shape index (κ2) is 8.09. The Hall–Kier alpha value is -4.01. The van der Waals surface area contributed by atoms with Crippen LogP contribution in [0.3, 0.4) is 0 Å². The minimum Gasteiger partial charge on any atom is -0.335 e. The molecule has 1 atom stereocenters. The predicted octanol–water partition coefficient (Wildman–Crippen LogP) is 3.01. The smallest absolute Gasteiger partial charge is 0.272 e. The molecule has 0 spiro atoms. The third-order valence-corrected chi connectivity index (χ3v) is 6.61. The SMILES string of the molecule is Cc1c(C(=O)Nc2ccc3c(c2)CN(C2CCC(=O)NC2=O)C3=O)[nH]c2ncc(C(C)C)cc12. The number of amides is 4. The van der Waals surface area contributed by atoms with Crippen LogP contribution in [0.15, 0.2) is 30.5 Å². The van der Waals surface area contributed by atoms with E-state index < -0.39 is 11.9 Å². The first-order chi connectivity index (χ1) is 16.2. The fourth-order valence-corrected chi connectivity index (χ4v) is 4.60. The molecule has 0 saturated carbocycles. The van der Waals surface area contributed by atoms with Crippen molar-refractivity contribution in [2.24, 2.45) is 0 Å². The minimum absolute atomic E-state index is 0.204. The van der Waals surface area contributed by atoms with Gasteiger partial charge in [0.15, 0.2) is 0 Å². The van der Waals surface area contributed by atoms with Crippen LogP contribution in [0.4, 0.5) is 5.69 Å². The van der Waals surface area contributed by atoms with Crippen molar-refractivity contribution in [2.75, 3.05) is 5.32 Å². The highest BCUT2D eigenvalue weighted by Gasteiger charge is 2.39. The average Bonchev–Trinajstić information content (AvgIpc) is 3.30. The van der Waals surface area contributed by atoms with Gasteiger partial charge in [0.05, 0.1) is 0 Å². The van der Waals surface area contributed by atoms with E-state index in [4.69, 9.17) is 0 Å². The zero-order valence-corrected chi connectivity index (χ0v) is 19.2. The summed E-state index contributed by atoms with van der Waals surface area (Å²) in [6, 6.07) is 6.47. The number of aryl methyl sites for hydroxylation is 1. The van der Waals surface area contributed by atoms with Gasteiger partial charge in [0.2, 0.25) is 11.8 Å². The standard InChI is InChI=1S/C25H25N5O4/c1-12(2)14-9-18-13(3)21(29-22(18)26-10-14)24(33)27-16-4-5-17-15(8-16)11-30(25(17)34)19-6-7-20(31)28-23(19)32/h4-5,8-10,12,19H,6-7,11H2,1-3H3,(H,26,29)(H,27,33)(H,28,31,32). The highest BCUT2D eigenvalue weighted by atomic mass is 16.2. The molecule has 3 aromatic rings. The van der Waals surface area contributed by atoms with Gasteiger partial charge in [0.1, 0.15) is 17.4 Å². The molecule has 9 heteroatoms. The molecule has 1 saturated heterocycles. The number of H-pyrrole nitrogens is 1. The summed E-state index contributed by atoms with van der Waals surface area (Å²) in [5.41, 5.74) is 4.79. The van der Waals surface area contributed by atoms with Crippen molar-refractivity contribution < 1.29 is 19.2 Å². The normalized spacial score (nSPS) is 17.9. The first-order valence-corrected chi connectivity index (χ1v) is 11.3. The molecule has 34 heavy (non-hydrogen) atoms. The molecular weight excluding hydrogens is 434 g/mol. The van der Waals surface area contributed by atoms with Crippen molar-refractivity contribution in [1.29, 1.82) is 0 Å². The molecule has 2 aliphatic rings. The lowest BCUT2D eigenvalue weighted by Gasteiger charge is -2.29. The molecule has 4 amide bonds. The maximum Gasteiger partial charge on any atom is 0.272 e. The van der Waals surface area contributed by atoms with Crippen LogP contribution in [0.2, 0.25) is 0 Å². The first kappa shape index (κ1) is 21.8. The van der Waals surface area contributed by atoms with Crippen molar-refractivity contribution in [3.63, 3.8) is 0 Å². The van der Waals surface area contributed by atoms with Crippen molar-refractivity contribution in [3.8, 4) is 0 Å². The summed E-state index contributed by atoms with van der Waals surface area (Å²) in [6.07, 6.45) is 2.33. The molecule has 1 fully saturated rings. The maximum atomic E-state index is 13.0. The summed E-state index contributed by atoms with van der Waals surface area (Å²) in [6.45, 7) is 6.33. The van der Waals surface area contributed by atoms with Crippen LogP contribution in [0, 0.1) is 6.92 Å². The van der Waals surface area contributed by atoms with Gasteiger partial charge in [0, 0.05) is 35.8 Å². The monoisotopic (exact) mass is 459 g/mol. The molecule has 0 bridgehead atoms. The molecule has 2 aromatic heterocycles. The third kappa shape index (κ3) is 3.63. The lowest BCUT2D eigenvalue weighted by Crippen LogP contribution is -2.52. The third-order valence-electron chi connectivity index (χ3n) is 6.61. The number of pyridine rings is 1. The van der Waals surface area contributed by atoms with Gasteiger partial charge in [-0.3, -0.25) is 24.5 Å². The van der Waals surface area contributed by atoms with E-state index in [2.05, 4.69) is 40.5 Å². The van der Waals surface area contributed by atoms with Gasteiger partial charge in [0.25, 0.3) is 11.8 Å². The number of nitrogens with zero attached hydrogens (tertiary/aromatic N) is 2. The van der Waals surface area contributed by atoms with Gasteiger partial charge >= 0.3 is 0 Å². The van der Waals surface area contributed by atoms with Crippen molar-refractivity contribution >= 4 is 40.3 Å². The molecule has 0 radical (unpaired) electrons. The number of anilines is 1. The molecule has 1 unspecified atom stereocenters. The second-order valence-electron chi connectivity index (χ2n) is 9.17. The molecule has 3 N–H and O–H groups in total. The van der Waals surface area contributed by atoms with Gasteiger partial charge in [-0.1, -0.05) is 13.8 Å². The van der Waals surface area contributed by atoms with Crippen molar-refractivity contribution in [2.45, 2.75) is 52.1 Å². The number of nitrogens with one attached hydrogen (secondary N) is 3. The van der Waals surface area contributed by atoms with Crippen molar-refractivity contribution in [1.82, 2.24) is 20.2 Å². The number of hydrogen-bond donors (Lipinski definition) is 3. The first-order valence-electron chi connectivity index (χ1n) is 11.3. The van der Waals surface area contributed by atoms with Crippen LogP contribution >= 0.6 is 0 Å². The fourth-order valence-electron chi connectivity index (χ4n) is 4.60. The summed E-state index contributed by atoms with van der Waals surface area (Å²) in [5, 5.41) is 6.11. The molecule has 4 heterocycles. The zero-order chi connectivity index (χ0) is 24.1. The van der Waals surface area contributed by atoms with E-state index in [-0.39, 0.29) is 30.7 Å². The number of aromatic nitrogens is 2. The Kier molecular flexibility index (Phi) is 5.19. The molecule has 5 rings (SSSR count). The van der Waals surface area contributed by atoms with Crippen LogP contribution in [-0.2, 0) is 16.1 Å². The number of hydrogen-bond acceptors (Lipinski definition) is 5. The Balaban J connectivity index is 1.36. The minimum atomic E-state index is -0.673. The van der Waals surface area contributed by atoms with E-state index in [1.807, 2.05) is 13.1 Å². The molecule has 2 aliphatic heterocycles. The van der Waals surface area contributed by atoms with E-state index in [0.29, 0.717) is 34.9 Å². The number of aromatic amines is 1. The molecule has 0 aliphatic carbocycles.